The van der Waals surface area contributed by atoms with E-state index in [0.717, 1.165) is 5.56 Å². The van der Waals surface area contributed by atoms with Crippen LogP contribution in [0.15, 0.2) is 43.0 Å². The van der Waals surface area contributed by atoms with Crippen molar-refractivity contribution < 1.29 is 18.0 Å². The number of carbonyl (C=O) groups is 2. The molecule has 2 saturated heterocycles. The zero-order valence-corrected chi connectivity index (χ0v) is 17.2. The van der Waals surface area contributed by atoms with Gasteiger partial charge in [-0.05, 0) is 30.4 Å². The monoisotopic (exact) mass is 404 g/mol. The first-order valence-corrected chi connectivity index (χ1v) is 11.6. The number of hydrogen-bond donors (Lipinski definition) is 0. The van der Waals surface area contributed by atoms with Crippen LogP contribution in [-0.4, -0.2) is 67.7 Å². The van der Waals surface area contributed by atoms with Crippen molar-refractivity contribution in [3.8, 4) is 0 Å². The molecule has 3 rings (SSSR count). The van der Waals surface area contributed by atoms with Crippen molar-refractivity contribution in [3.05, 3.63) is 48.6 Å². The summed E-state index contributed by atoms with van der Waals surface area (Å²) in [5, 5.41) is 0. The lowest BCUT2D eigenvalue weighted by atomic mass is 9.71. The van der Waals surface area contributed by atoms with Gasteiger partial charge in [-0.1, -0.05) is 43.8 Å². The van der Waals surface area contributed by atoms with Gasteiger partial charge in [0.05, 0.1) is 16.9 Å². The van der Waals surface area contributed by atoms with Gasteiger partial charge in [0.1, 0.15) is 0 Å². The molecule has 1 aromatic carbocycles. The molecule has 1 unspecified atom stereocenters. The highest BCUT2D eigenvalue weighted by Gasteiger charge is 2.46. The molecule has 2 amide bonds. The smallest absolute Gasteiger partial charge is 0.245 e. The largest absolute Gasteiger partial charge is 0.341 e. The highest BCUT2D eigenvalue weighted by atomic mass is 32.2. The molecule has 0 spiro atoms. The molecule has 0 aromatic heterocycles. The number of sulfone groups is 1. The van der Waals surface area contributed by atoms with Crippen LogP contribution in [0, 0.1) is 5.92 Å². The van der Waals surface area contributed by atoms with Gasteiger partial charge in [-0.25, -0.2) is 8.42 Å². The topological polar surface area (TPSA) is 74.8 Å². The van der Waals surface area contributed by atoms with Crippen LogP contribution in [0.5, 0.6) is 0 Å². The standard InChI is InChI=1S/C21H28N2O4S/c1-3-19(24)22-11-9-21(10-12-22,18-7-5-4-6-8-18)20(25)23-13-14-28(26,27)16-17(2)15-23/h3-8,17H,1,9-16H2,2H3. The van der Waals surface area contributed by atoms with E-state index in [4.69, 9.17) is 0 Å². The van der Waals surface area contributed by atoms with E-state index >= 15 is 0 Å². The van der Waals surface area contributed by atoms with Gasteiger partial charge in [0.25, 0.3) is 0 Å². The zero-order chi connectivity index (χ0) is 20.4. The number of benzene rings is 1. The second kappa shape index (κ2) is 8.07. The lowest BCUT2D eigenvalue weighted by molar-refractivity contribution is -0.142. The van der Waals surface area contributed by atoms with Crippen LogP contribution in [0.2, 0.25) is 0 Å². The Bertz CT molecular complexity index is 842. The van der Waals surface area contributed by atoms with E-state index in [0.29, 0.717) is 32.5 Å². The fraction of sp³-hybridized carbons (Fsp3) is 0.524. The maximum atomic E-state index is 13.7. The molecular weight excluding hydrogens is 376 g/mol. The highest BCUT2D eigenvalue weighted by molar-refractivity contribution is 7.91. The molecule has 2 aliphatic heterocycles. The normalized spacial score (nSPS) is 24.2. The van der Waals surface area contributed by atoms with Crippen LogP contribution < -0.4 is 0 Å². The van der Waals surface area contributed by atoms with Gasteiger partial charge in [-0.3, -0.25) is 9.59 Å². The molecule has 152 valence electrons. The number of hydrogen-bond acceptors (Lipinski definition) is 4. The van der Waals surface area contributed by atoms with Gasteiger partial charge in [-0.15, -0.1) is 0 Å². The Morgan fingerprint density at radius 3 is 2.36 bits per heavy atom. The van der Waals surface area contributed by atoms with Crippen molar-refractivity contribution >= 4 is 21.7 Å². The molecule has 0 bridgehead atoms. The summed E-state index contributed by atoms with van der Waals surface area (Å²) in [5.41, 5.74) is 0.206. The second-order valence-electron chi connectivity index (χ2n) is 7.95. The summed E-state index contributed by atoms with van der Waals surface area (Å²) in [5.74, 6) is -0.102. The first-order chi connectivity index (χ1) is 13.3. The number of rotatable bonds is 3. The quantitative estimate of drug-likeness (QED) is 0.718. The molecule has 0 saturated carbocycles. The third-order valence-corrected chi connectivity index (χ3v) is 7.75. The van der Waals surface area contributed by atoms with Gasteiger partial charge >= 0.3 is 0 Å². The minimum Gasteiger partial charge on any atom is -0.341 e. The second-order valence-corrected chi connectivity index (χ2v) is 10.2. The van der Waals surface area contributed by atoms with Crippen LogP contribution in [0.4, 0.5) is 0 Å². The van der Waals surface area contributed by atoms with E-state index < -0.39 is 15.3 Å². The summed E-state index contributed by atoms with van der Waals surface area (Å²) in [4.78, 5) is 29.2. The third kappa shape index (κ3) is 4.14. The van der Waals surface area contributed by atoms with E-state index in [-0.39, 0.29) is 35.8 Å². The minimum absolute atomic E-state index is 0.00895. The lowest BCUT2D eigenvalue weighted by Gasteiger charge is -2.43. The Morgan fingerprint density at radius 2 is 1.75 bits per heavy atom. The lowest BCUT2D eigenvalue weighted by Crippen LogP contribution is -2.54. The van der Waals surface area contributed by atoms with Crippen LogP contribution in [-0.2, 0) is 24.8 Å². The fourth-order valence-corrected chi connectivity index (χ4v) is 6.03. The molecule has 6 nitrogen and oxygen atoms in total. The fourth-order valence-electron chi connectivity index (χ4n) is 4.39. The Morgan fingerprint density at radius 1 is 1.11 bits per heavy atom. The Balaban J connectivity index is 1.91. The number of nitrogens with zero attached hydrogens (tertiary/aromatic N) is 2. The van der Waals surface area contributed by atoms with E-state index in [1.165, 1.54) is 6.08 Å². The Hall–Kier alpha value is -2.15. The molecule has 0 N–H and O–H groups in total. The van der Waals surface area contributed by atoms with Crippen LogP contribution in [0.25, 0.3) is 0 Å². The predicted molar refractivity (Wildman–Crippen MR) is 109 cm³/mol. The van der Waals surface area contributed by atoms with E-state index in [1.54, 1.807) is 9.80 Å². The number of piperidine rings is 1. The first-order valence-electron chi connectivity index (χ1n) is 9.74. The van der Waals surface area contributed by atoms with Gasteiger partial charge in [0.2, 0.25) is 11.8 Å². The third-order valence-electron chi connectivity index (χ3n) is 5.87. The number of likely N-dealkylation sites (tertiary alicyclic amines) is 1. The number of amides is 2. The van der Waals surface area contributed by atoms with Gasteiger partial charge < -0.3 is 9.80 Å². The van der Waals surface area contributed by atoms with E-state index in [1.807, 2.05) is 37.3 Å². The molecule has 0 radical (unpaired) electrons. The molecule has 1 atom stereocenters. The van der Waals surface area contributed by atoms with Crippen LogP contribution in [0.1, 0.15) is 25.3 Å². The van der Waals surface area contributed by atoms with Crippen molar-refractivity contribution in [2.24, 2.45) is 5.92 Å². The van der Waals surface area contributed by atoms with Gasteiger partial charge in [0, 0.05) is 26.2 Å². The van der Waals surface area contributed by atoms with Crippen molar-refractivity contribution in [3.63, 3.8) is 0 Å². The summed E-state index contributed by atoms with van der Waals surface area (Å²) in [6.07, 6.45) is 2.35. The summed E-state index contributed by atoms with van der Waals surface area (Å²) < 4.78 is 24.3. The van der Waals surface area contributed by atoms with Crippen molar-refractivity contribution in [2.75, 3.05) is 37.7 Å². The molecule has 0 aliphatic carbocycles. The van der Waals surface area contributed by atoms with Crippen molar-refractivity contribution in [1.82, 2.24) is 9.80 Å². The molecule has 2 heterocycles. The zero-order valence-electron chi connectivity index (χ0n) is 16.3. The maximum absolute atomic E-state index is 13.7. The predicted octanol–water partition coefficient (Wildman–Crippen LogP) is 1.63. The van der Waals surface area contributed by atoms with E-state index in [2.05, 4.69) is 6.58 Å². The molecule has 2 aliphatic rings. The summed E-state index contributed by atoms with van der Waals surface area (Å²) in [7, 11) is -3.13. The van der Waals surface area contributed by atoms with Crippen LogP contribution >= 0.6 is 0 Å². The molecule has 2 fully saturated rings. The molecule has 1 aromatic rings. The number of carbonyl (C=O) groups excluding carboxylic acids is 2. The van der Waals surface area contributed by atoms with Gasteiger partial charge in [0.15, 0.2) is 9.84 Å². The average molecular weight is 405 g/mol. The Kier molecular flexibility index (Phi) is 5.93. The van der Waals surface area contributed by atoms with Gasteiger partial charge in [-0.2, -0.15) is 0 Å². The van der Waals surface area contributed by atoms with Crippen LogP contribution in [0.3, 0.4) is 0 Å². The summed E-state index contributed by atoms with van der Waals surface area (Å²) >= 11 is 0. The first kappa shape index (κ1) is 20.6. The van der Waals surface area contributed by atoms with Crippen molar-refractivity contribution in [2.45, 2.75) is 25.2 Å². The molecule has 28 heavy (non-hydrogen) atoms. The average Bonchev–Trinajstić information content (AvgIpc) is 2.84. The van der Waals surface area contributed by atoms with Crippen molar-refractivity contribution in [1.29, 1.82) is 0 Å². The minimum atomic E-state index is -3.13. The highest BCUT2D eigenvalue weighted by Crippen LogP contribution is 2.38. The Labute approximate surface area is 167 Å². The summed E-state index contributed by atoms with van der Waals surface area (Å²) in [6.45, 7) is 7.06. The maximum Gasteiger partial charge on any atom is 0.245 e. The molecule has 7 heteroatoms. The van der Waals surface area contributed by atoms with E-state index in [9.17, 15) is 18.0 Å². The summed E-state index contributed by atoms with van der Waals surface area (Å²) in [6, 6.07) is 9.67. The SMILES string of the molecule is C=CC(=O)N1CCC(C(=O)N2CCS(=O)(=O)CC(C)C2)(c2ccccc2)CC1. The molecular formula is C21H28N2O4S.